The Morgan fingerprint density at radius 3 is 2.74 bits per heavy atom. The molecule has 1 aliphatic rings. The monoisotopic (exact) mass is 263 g/mol. The Balaban J connectivity index is 1.89. The molecule has 0 aromatic heterocycles. The van der Waals surface area contributed by atoms with E-state index in [-0.39, 0.29) is 18.7 Å². The molecule has 1 aliphatic carbocycles. The average Bonchev–Trinajstić information content (AvgIpc) is 2.76. The third kappa shape index (κ3) is 3.26. The Kier molecular flexibility index (Phi) is 4.10. The zero-order valence-electron chi connectivity index (χ0n) is 11.5. The van der Waals surface area contributed by atoms with Crippen LogP contribution in [-0.4, -0.2) is 34.8 Å². The van der Waals surface area contributed by atoms with Crippen molar-refractivity contribution in [3.05, 3.63) is 35.9 Å². The summed E-state index contributed by atoms with van der Waals surface area (Å²) in [4.78, 5) is 13.5. The summed E-state index contributed by atoms with van der Waals surface area (Å²) in [6, 6.07) is 9.42. The van der Waals surface area contributed by atoms with Crippen LogP contribution in [0.3, 0.4) is 0 Å². The van der Waals surface area contributed by atoms with Gasteiger partial charge in [-0.15, -0.1) is 0 Å². The standard InChI is InChI=1S/C15H21NO3/c1-15(18)10-6-9-13(15)16(2)14(17)19-11-12-7-4-3-5-8-12/h3-5,7-8,13,18H,6,9-11H2,1-2H3/t13-,15-/m1/s1. The van der Waals surface area contributed by atoms with Gasteiger partial charge in [0.1, 0.15) is 6.61 Å². The van der Waals surface area contributed by atoms with Crippen LogP contribution in [0.25, 0.3) is 0 Å². The molecular formula is C15H21NO3. The maximum atomic E-state index is 12.0. The predicted octanol–water partition coefficient (Wildman–Crippen LogP) is 2.56. The van der Waals surface area contributed by atoms with Crippen LogP contribution in [0, 0.1) is 0 Å². The van der Waals surface area contributed by atoms with E-state index in [0.29, 0.717) is 0 Å². The highest BCUT2D eigenvalue weighted by atomic mass is 16.6. The lowest BCUT2D eigenvalue weighted by molar-refractivity contribution is -0.00697. The van der Waals surface area contributed by atoms with Gasteiger partial charge >= 0.3 is 6.09 Å². The minimum absolute atomic E-state index is 0.157. The molecule has 2 rings (SSSR count). The summed E-state index contributed by atoms with van der Waals surface area (Å²) >= 11 is 0. The van der Waals surface area contributed by atoms with E-state index in [1.165, 1.54) is 4.90 Å². The molecule has 1 amide bonds. The van der Waals surface area contributed by atoms with Gasteiger partial charge in [0.05, 0.1) is 11.6 Å². The zero-order chi connectivity index (χ0) is 13.9. The molecule has 104 valence electrons. The minimum atomic E-state index is -0.805. The van der Waals surface area contributed by atoms with Crippen LogP contribution in [0.5, 0.6) is 0 Å². The third-order valence-corrected chi connectivity index (χ3v) is 3.84. The maximum Gasteiger partial charge on any atom is 0.410 e. The lowest BCUT2D eigenvalue weighted by atomic mass is 10.00. The lowest BCUT2D eigenvalue weighted by Gasteiger charge is -2.33. The number of carbonyl (C=O) groups excluding carboxylic acids is 1. The molecule has 1 aromatic rings. The van der Waals surface area contributed by atoms with Crippen LogP contribution in [0.15, 0.2) is 30.3 Å². The van der Waals surface area contributed by atoms with Crippen LogP contribution < -0.4 is 0 Å². The van der Waals surface area contributed by atoms with Gasteiger partial charge in [-0.2, -0.15) is 0 Å². The summed E-state index contributed by atoms with van der Waals surface area (Å²) in [5, 5.41) is 10.2. The van der Waals surface area contributed by atoms with E-state index in [2.05, 4.69) is 0 Å². The van der Waals surface area contributed by atoms with Crippen LogP contribution in [-0.2, 0) is 11.3 Å². The van der Waals surface area contributed by atoms with E-state index >= 15 is 0 Å². The number of ether oxygens (including phenoxy) is 1. The Labute approximate surface area is 114 Å². The first kappa shape index (κ1) is 13.9. The lowest BCUT2D eigenvalue weighted by Crippen LogP contribution is -2.48. The zero-order valence-corrected chi connectivity index (χ0v) is 11.5. The first-order chi connectivity index (χ1) is 9.00. The van der Waals surface area contributed by atoms with Crippen LogP contribution in [0.2, 0.25) is 0 Å². The molecule has 4 nitrogen and oxygen atoms in total. The molecule has 1 aromatic carbocycles. The van der Waals surface area contributed by atoms with Crippen molar-refractivity contribution in [1.29, 1.82) is 0 Å². The predicted molar refractivity (Wildman–Crippen MR) is 72.7 cm³/mol. The topological polar surface area (TPSA) is 49.8 Å². The van der Waals surface area contributed by atoms with Crippen molar-refractivity contribution >= 4 is 6.09 Å². The molecule has 0 spiro atoms. The summed E-state index contributed by atoms with van der Waals surface area (Å²) in [5.41, 5.74) is 0.156. The fraction of sp³-hybridized carbons (Fsp3) is 0.533. The normalized spacial score (nSPS) is 26.2. The Bertz CT molecular complexity index is 430. The Hall–Kier alpha value is -1.55. The van der Waals surface area contributed by atoms with Crippen LogP contribution in [0.4, 0.5) is 4.79 Å². The number of hydrogen-bond acceptors (Lipinski definition) is 3. The van der Waals surface area contributed by atoms with Crippen LogP contribution >= 0.6 is 0 Å². The van der Waals surface area contributed by atoms with Crippen molar-refractivity contribution in [3.63, 3.8) is 0 Å². The first-order valence-electron chi connectivity index (χ1n) is 6.66. The summed E-state index contributed by atoms with van der Waals surface area (Å²) < 4.78 is 5.27. The molecule has 4 heteroatoms. The SMILES string of the molecule is CN(C(=O)OCc1ccccc1)[C@@H]1CCC[C@@]1(C)O. The maximum absolute atomic E-state index is 12.0. The second-order valence-electron chi connectivity index (χ2n) is 5.42. The quantitative estimate of drug-likeness (QED) is 0.911. The highest BCUT2D eigenvalue weighted by Gasteiger charge is 2.41. The number of hydrogen-bond donors (Lipinski definition) is 1. The highest BCUT2D eigenvalue weighted by Crippen LogP contribution is 2.33. The first-order valence-corrected chi connectivity index (χ1v) is 6.66. The van der Waals surface area contributed by atoms with E-state index in [1.807, 2.05) is 30.3 Å². The van der Waals surface area contributed by atoms with Gasteiger partial charge in [-0.1, -0.05) is 30.3 Å². The van der Waals surface area contributed by atoms with E-state index in [9.17, 15) is 9.90 Å². The molecule has 0 aliphatic heterocycles. The van der Waals surface area contributed by atoms with Crippen molar-refractivity contribution in [1.82, 2.24) is 4.90 Å². The smallest absolute Gasteiger partial charge is 0.410 e. The Morgan fingerprint density at radius 2 is 2.16 bits per heavy atom. The largest absolute Gasteiger partial charge is 0.445 e. The second-order valence-corrected chi connectivity index (χ2v) is 5.42. The number of likely N-dealkylation sites (N-methyl/N-ethyl adjacent to an activating group) is 1. The van der Waals surface area contributed by atoms with Crippen molar-refractivity contribution in [3.8, 4) is 0 Å². The summed E-state index contributed by atoms with van der Waals surface area (Å²) in [6.45, 7) is 2.05. The van der Waals surface area contributed by atoms with Gasteiger partial charge in [-0.05, 0) is 31.7 Å². The van der Waals surface area contributed by atoms with Gasteiger partial charge < -0.3 is 14.7 Å². The van der Waals surface area contributed by atoms with Gasteiger partial charge in [0.2, 0.25) is 0 Å². The molecule has 0 unspecified atom stereocenters. The van der Waals surface area contributed by atoms with Gasteiger partial charge in [0, 0.05) is 7.05 Å². The molecule has 1 N–H and O–H groups in total. The van der Waals surface area contributed by atoms with Crippen LogP contribution in [0.1, 0.15) is 31.7 Å². The summed E-state index contributed by atoms with van der Waals surface area (Å²) in [6.07, 6.45) is 2.11. The molecular weight excluding hydrogens is 242 g/mol. The molecule has 0 saturated heterocycles. The van der Waals surface area contributed by atoms with Crippen molar-refractivity contribution < 1.29 is 14.6 Å². The second kappa shape index (κ2) is 5.61. The Morgan fingerprint density at radius 1 is 1.47 bits per heavy atom. The van der Waals surface area contributed by atoms with Gasteiger partial charge in [-0.3, -0.25) is 0 Å². The van der Waals surface area contributed by atoms with Gasteiger partial charge in [0.15, 0.2) is 0 Å². The molecule has 1 saturated carbocycles. The number of carbonyl (C=O) groups is 1. The van der Waals surface area contributed by atoms with Crippen molar-refractivity contribution in [2.24, 2.45) is 0 Å². The molecule has 1 fully saturated rings. The summed E-state index contributed by atoms with van der Waals surface area (Å²) in [7, 11) is 1.69. The minimum Gasteiger partial charge on any atom is -0.445 e. The van der Waals surface area contributed by atoms with E-state index in [4.69, 9.17) is 4.74 Å². The van der Waals surface area contributed by atoms with E-state index in [0.717, 1.165) is 24.8 Å². The number of amides is 1. The number of benzene rings is 1. The molecule has 19 heavy (non-hydrogen) atoms. The van der Waals surface area contributed by atoms with Gasteiger partial charge in [-0.25, -0.2) is 4.79 Å². The fourth-order valence-corrected chi connectivity index (χ4v) is 2.69. The third-order valence-electron chi connectivity index (χ3n) is 3.84. The molecule has 0 bridgehead atoms. The average molecular weight is 263 g/mol. The summed E-state index contributed by atoms with van der Waals surface area (Å²) in [5.74, 6) is 0. The number of rotatable bonds is 3. The molecule has 2 atom stereocenters. The van der Waals surface area contributed by atoms with E-state index < -0.39 is 5.60 Å². The van der Waals surface area contributed by atoms with E-state index in [1.54, 1.807) is 14.0 Å². The van der Waals surface area contributed by atoms with Crippen molar-refractivity contribution in [2.45, 2.75) is 44.4 Å². The highest BCUT2D eigenvalue weighted by molar-refractivity contribution is 5.68. The number of aliphatic hydroxyl groups is 1. The number of nitrogens with zero attached hydrogens (tertiary/aromatic N) is 1. The molecule has 0 heterocycles. The van der Waals surface area contributed by atoms with Crippen molar-refractivity contribution in [2.75, 3.05) is 7.05 Å². The van der Waals surface area contributed by atoms with Gasteiger partial charge in [0.25, 0.3) is 0 Å². The fourth-order valence-electron chi connectivity index (χ4n) is 2.69. The molecule has 0 radical (unpaired) electrons.